The average molecular weight is 393 g/mol. The van der Waals surface area contributed by atoms with E-state index >= 15 is 0 Å². The maximum absolute atomic E-state index is 13.1. The van der Waals surface area contributed by atoms with Crippen molar-refractivity contribution in [2.45, 2.75) is 47.0 Å². The minimum Gasteiger partial charge on any atom is -0.338 e. The van der Waals surface area contributed by atoms with E-state index in [4.69, 9.17) is 5.73 Å². The van der Waals surface area contributed by atoms with Crippen LogP contribution in [0, 0.1) is 19.3 Å². The predicted molar refractivity (Wildman–Crippen MR) is 108 cm³/mol. The van der Waals surface area contributed by atoms with Gasteiger partial charge < -0.3 is 10.6 Å². The van der Waals surface area contributed by atoms with E-state index in [2.05, 4.69) is 22.0 Å². The summed E-state index contributed by atoms with van der Waals surface area (Å²) in [6.45, 7) is 12.1. The molecule has 1 aliphatic heterocycles. The third-order valence-electron chi connectivity index (χ3n) is 5.03. The second-order valence-corrected chi connectivity index (χ2v) is 7.97. The fourth-order valence-electron chi connectivity index (χ4n) is 3.42. The van der Waals surface area contributed by atoms with Crippen molar-refractivity contribution in [1.82, 2.24) is 24.6 Å². The Bertz CT molecular complexity index is 813. The van der Waals surface area contributed by atoms with Gasteiger partial charge in [0.2, 0.25) is 0 Å². The van der Waals surface area contributed by atoms with Gasteiger partial charge in [0.25, 0.3) is 11.9 Å². The summed E-state index contributed by atoms with van der Waals surface area (Å²) >= 11 is 0. The third kappa shape index (κ3) is 4.30. The van der Waals surface area contributed by atoms with Crippen LogP contribution >= 0.6 is 12.4 Å². The maximum Gasteiger partial charge on any atom is 0.257 e. The van der Waals surface area contributed by atoms with Gasteiger partial charge in [0.1, 0.15) is 0 Å². The zero-order valence-electron chi connectivity index (χ0n) is 16.7. The molecule has 1 fully saturated rings. The van der Waals surface area contributed by atoms with Gasteiger partial charge in [-0.25, -0.2) is 14.6 Å². The Morgan fingerprint density at radius 2 is 1.93 bits per heavy atom. The molecule has 27 heavy (non-hydrogen) atoms. The molecule has 0 aromatic carbocycles. The standard InChI is InChI=1S/C19H28N6O.ClH/c1-12(2)16-15(17(26)24-7-6-19(5,10-20)11-24)9-25(23-16)18-21-13(3)8-14(4)22-18;/h8-9,12H,6-7,10-11,20H2,1-5H3;1H. The van der Waals surface area contributed by atoms with E-state index in [0.717, 1.165) is 30.0 Å². The molecule has 3 rings (SSSR count). The van der Waals surface area contributed by atoms with Crippen LogP contribution in [0.4, 0.5) is 0 Å². The van der Waals surface area contributed by atoms with Gasteiger partial charge in [0.15, 0.2) is 0 Å². The number of hydrogen-bond donors (Lipinski definition) is 1. The first-order valence-electron chi connectivity index (χ1n) is 9.14. The van der Waals surface area contributed by atoms with Crippen molar-refractivity contribution >= 4 is 18.3 Å². The molecule has 8 heteroatoms. The van der Waals surface area contributed by atoms with E-state index in [-0.39, 0.29) is 29.6 Å². The van der Waals surface area contributed by atoms with Crippen LogP contribution in [0.1, 0.15) is 60.5 Å². The van der Waals surface area contributed by atoms with E-state index < -0.39 is 0 Å². The van der Waals surface area contributed by atoms with Gasteiger partial charge in [-0.2, -0.15) is 5.10 Å². The van der Waals surface area contributed by atoms with Crippen molar-refractivity contribution in [1.29, 1.82) is 0 Å². The fraction of sp³-hybridized carbons (Fsp3) is 0.579. The Labute approximate surface area is 166 Å². The lowest BCUT2D eigenvalue weighted by Gasteiger charge is -2.22. The first-order valence-corrected chi connectivity index (χ1v) is 9.14. The zero-order chi connectivity index (χ0) is 19.1. The first-order chi connectivity index (χ1) is 12.2. The predicted octanol–water partition coefficient (Wildman–Crippen LogP) is 2.64. The van der Waals surface area contributed by atoms with Gasteiger partial charge in [-0.3, -0.25) is 4.79 Å². The molecule has 0 spiro atoms. The number of nitrogens with zero attached hydrogens (tertiary/aromatic N) is 5. The number of hydrogen-bond acceptors (Lipinski definition) is 5. The number of carbonyl (C=O) groups excluding carboxylic acids is 1. The quantitative estimate of drug-likeness (QED) is 0.863. The highest BCUT2D eigenvalue weighted by Crippen LogP contribution is 2.30. The second kappa shape index (κ2) is 7.94. The molecule has 2 aromatic rings. The number of aromatic nitrogens is 4. The Morgan fingerprint density at radius 1 is 1.30 bits per heavy atom. The number of rotatable bonds is 4. The van der Waals surface area contributed by atoms with Crippen molar-refractivity contribution in [3.05, 3.63) is 34.9 Å². The Hall–Kier alpha value is -1.99. The normalized spacial score (nSPS) is 19.4. The highest BCUT2D eigenvalue weighted by atomic mass is 35.5. The zero-order valence-corrected chi connectivity index (χ0v) is 17.5. The van der Waals surface area contributed by atoms with E-state index in [1.54, 1.807) is 10.9 Å². The van der Waals surface area contributed by atoms with Crippen LogP contribution < -0.4 is 5.73 Å². The van der Waals surface area contributed by atoms with E-state index in [9.17, 15) is 4.79 Å². The molecule has 0 bridgehead atoms. The summed E-state index contributed by atoms with van der Waals surface area (Å²) in [4.78, 5) is 24.0. The van der Waals surface area contributed by atoms with E-state index in [0.29, 0.717) is 24.6 Å². The van der Waals surface area contributed by atoms with Gasteiger partial charge in [-0.1, -0.05) is 20.8 Å². The summed E-state index contributed by atoms with van der Waals surface area (Å²) in [5, 5.41) is 4.63. The van der Waals surface area contributed by atoms with Crippen molar-refractivity contribution in [2.75, 3.05) is 19.6 Å². The molecule has 148 valence electrons. The lowest BCUT2D eigenvalue weighted by molar-refractivity contribution is 0.0775. The SMILES string of the molecule is Cc1cc(C)nc(-n2cc(C(=O)N3CCC(C)(CN)C3)c(C(C)C)n2)n1.Cl. The minimum atomic E-state index is 0. The second-order valence-electron chi connectivity index (χ2n) is 7.97. The lowest BCUT2D eigenvalue weighted by atomic mass is 9.90. The molecule has 3 heterocycles. The molecule has 1 amide bonds. The highest BCUT2D eigenvalue weighted by molar-refractivity contribution is 5.95. The van der Waals surface area contributed by atoms with Gasteiger partial charge >= 0.3 is 0 Å². The monoisotopic (exact) mass is 392 g/mol. The van der Waals surface area contributed by atoms with Crippen molar-refractivity contribution < 1.29 is 4.79 Å². The molecule has 2 aromatic heterocycles. The molecule has 0 saturated carbocycles. The summed E-state index contributed by atoms with van der Waals surface area (Å²) < 4.78 is 1.63. The number of nitrogens with two attached hydrogens (primary N) is 1. The minimum absolute atomic E-state index is 0. The largest absolute Gasteiger partial charge is 0.338 e. The average Bonchev–Trinajstić information content (AvgIpc) is 3.18. The molecular weight excluding hydrogens is 364 g/mol. The summed E-state index contributed by atoms with van der Waals surface area (Å²) in [5.41, 5.74) is 9.04. The molecule has 7 nitrogen and oxygen atoms in total. The van der Waals surface area contributed by atoms with Crippen LogP contribution in [0.3, 0.4) is 0 Å². The van der Waals surface area contributed by atoms with Crippen molar-refractivity contribution in [2.24, 2.45) is 11.1 Å². The molecular formula is C19H29ClN6O. The van der Waals surface area contributed by atoms with Gasteiger partial charge in [0, 0.05) is 30.7 Å². The molecule has 1 atom stereocenters. The van der Waals surface area contributed by atoms with Crippen molar-refractivity contribution in [3.8, 4) is 5.95 Å². The van der Waals surface area contributed by atoms with Gasteiger partial charge in [-0.15, -0.1) is 12.4 Å². The summed E-state index contributed by atoms with van der Waals surface area (Å²) in [5.74, 6) is 0.641. The number of halogens is 1. The molecule has 1 saturated heterocycles. The van der Waals surface area contributed by atoms with Gasteiger partial charge in [-0.05, 0) is 44.2 Å². The van der Waals surface area contributed by atoms with Crippen molar-refractivity contribution in [3.63, 3.8) is 0 Å². The Balaban J connectivity index is 0.00000261. The third-order valence-corrected chi connectivity index (χ3v) is 5.03. The van der Waals surface area contributed by atoms with Crippen LogP contribution in [0.5, 0.6) is 0 Å². The van der Waals surface area contributed by atoms with E-state index in [1.807, 2.05) is 38.7 Å². The highest BCUT2D eigenvalue weighted by Gasteiger charge is 2.36. The number of aryl methyl sites for hydroxylation is 2. The summed E-state index contributed by atoms with van der Waals surface area (Å²) in [7, 11) is 0. The number of amides is 1. The topological polar surface area (TPSA) is 89.9 Å². The smallest absolute Gasteiger partial charge is 0.257 e. The lowest BCUT2D eigenvalue weighted by Crippen LogP contribution is -2.34. The first kappa shape index (κ1) is 21.3. The molecule has 0 aliphatic carbocycles. The summed E-state index contributed by atoms with van der Waals surface area (Å²) in [6, 6.07) is 1.92. The molecule has 1 aliphatic rings. The number of carbonyl (C=O) groups is 1. The van der Waals surface area contributed by atoms with Crippen LogP contribution in [0.2, 0.25) is 0 Å². The Kier molecular flexibility index (Phi) is 6.27. The van der Waals surface area contributed by atoms with E-state index in [1.165, 1.54) is 0 Å². The fourth-order valence-corrected chi connectivity index (χ4v) is 3.42. The molecule has 2 N–H and O–H groups in total. The summed E-state index contributed by atoms with van der Waals surface area (Å²) in [6.07, 6.45) is 2.70. The molecule has 0 radical (unpaired) electrons. The Morgan fingerprint density at radius 3 is 2.44 bits per heavy atom. The van der Waals surface area contributed by atoms with Crippen LogP contribution in [-0.4, -0.2) is 50.2 Å². The number of likely N-dealkylation sites (tertiary alicyclic amines) is 1. The van der Waals surface area contributed by atoms with Crippen LogP contribution in [0.25, 0.3) is 5.95 Å². The van der Waals surface area contributed by atoms with Crippen LogP contribution in [0.15, 0.2) is 12.3 Å². The van der Waals surface area contributed by atoms with Crippen LogP contribution in [-0.2, 0) is 0 Å². The van der Waals surface area contributed by atoms with Gasteiger partial charge in [0.05, 0.1) is 11.3 Å². The maximum atomic E-state index is 13.1. The molecule has 1 unspecified atom stereocenters.